The second-order valence-electron chi connectivity index (χ2n) is 7.98. The quantitative estimate of drug-likeness (QED) is 0.829. The molecule has 5 nitrogen and oxygen atoms in total. The molecule has 2 aliphatic heterocycles. The third kappa shape index (κ3) is 4.90. The first-order chi connectivity index (χ1) is 13.6. The molecule has 1 saturated heterocycles. The second kappa shape index (κ2) is 9.59. The number of carbonyl (C=O) groups is 1. The molecular weight excluding hydrogens is 386 g/mol. The summed E-state index contributed by atoms with van der Waals surface area (Å²) in [5.41, 5.74) is 4.51. The Balaban J connectivity index is 0.00000240. The Bertz CT molecular complexity index is 805. The molecule has 6 heteroatoms. The number of halogens is 1. The van der Waals surface area contributed by atoms with Crippen molar-refractivity contribution in [2.75, 3.05) is 13.1 Å². The number of benzene rings is 1. The average Bonchev–Trinajstić information content (AvgIpc) is 2.92. The van der Waals surface area contributed by atoms with Crippen LogP contribution in [0, 0.1) is 13.8 Å². The van der Waals surface area contributed by atoms with Gasteiger partial charge in [0.25, 0.3) is 5.91 Å². The highest BCUT2D eigenvalue weighted by molar-refractivity contribution is 5.85. The molecule has 1 aromatic heterocycles. The lowest BCUT2D eigenvalue weighted by Gasteiger charge is -2.32. The molecule has 2 atom stereocenters. The van der Waals surface area contributed by atoms with E-state index in [2.05, 4.69) is 36.3 Å². The van der Waals surface area contributed by atoms with Crippen molar-refractivity contribution in [3.63, 3.8) is 0 Å². The number of hydrogen-bond acceptors (Lipinski definition) is 4. The van der Waals surface area contributed by atoms with Gasteiger partial charge in [0.15, 0.2) is 6.10 Å². The number of fused-ring (bicyclic) bond motifs is 1. The van der Waals surface area contributed by atoms with E-state index in [9.17, 15) is 4.79 Å². The van der Waals surface area contributed by atoms with E-state index in [1.54, 1.807) is 6.20 Å². The number of rotatable bonds is 4. The first kappa shape index (κ1) is 21.6. The minimum atomic E-state index is -0.434. The van der Waals surface area contributed by atoms with Gasteiger partial charge in [-0.25, -0.2) is 0 Å². The van der Waals surface area contributed by atoms with Crippen molar-refractivity contribution in [3.8, 4) is 5.75 Å². The fourth-order valence-electron chi connectivity index (χ4n) is 4.20. The van der Waals surface area contributed by atoms with Crippen LogP contribution >= 0.6 is 12.4 Å². The highest BCUT2D eigenvalue weighted by Gasteiger charge is 2.36. The minimum Gasteiger partial charge on any atom is -0.480 e. The zero-order chi connectivity index (χ0) is 19.5. The Morgan fingerprint density at radius 3 is 2.83 bits per heavy atom. The first-order valence-electron chi connectivity index (χ1n) is 10.3. The number of aryl methyl sites for hydroxylation is 2. The predicted molar refractivity (Wildman–Crippen MR) is 117 cm³/mol. The summed E-state index contributed by atoms with van der Waals surface area (Å²) in [6.07, 6.45) is 5.08. The molecule has 1 fully saturated rings. The number of amides is 1. The average molecular weight is 416 g/mol. The maximum atomic E-state index is 13.6. The Morgan fingerprint density at radius 2 is 2.03 bits per heavy atom. The zero-order valence-electron chi connectivity index (χ0n) is 17.2. The van der Waals surface area contributed by atoms with E-state index < -0.39 is 6.10 Å². The number of nitrogens with one attached hydrogen (secondary N) is 1. The van der Waals surface area contributed by atoms with Crippen LogP contribution in [0.25, 0.3) is 0 Å². The molecular formula is C23H30ClN3O2. The zero-order valence-corrected chi connectivity index (χ0v) is 18.0. The monoisotopic (exact) mass is 415 g/mol. The molecule has 0 bridgehead atoms. The van der Waals surface area contributed by atoms with Crippen molar-refractivity contribution in [2.45, 2.75) is 58.2 Å². The van der Waals surface area contributed by atoms with Gasteiger partial charge in [-0.2, -0.15) is 0 Å². The summed E-state index contributed by atoms with van der Waals surface area (Å²) < 4.78 is 6.12. The standard InChI is InChI=1S/C23H29N3O2.ClH/c1-16-12-18-14-22(28-21(18)13-17(16)2)23(27)26(15-19-6-3-4-10-25-19)20-7-5-9-24-11-8-20;/h3-4,6,10,12-13,20,22,24H,5,7-9,11,14-15H2,1-2H3;1H. The van der Waals surface area contributed by atoms with Gasteiger partial charge in [0, 0.05) is 18.7 Å². The third-order valence-electron chi connectivity index (χ3n) is 5.95. The topological polar surface area (TPSA) is 54.5 Å². The molecule has 1 aromatic carbocycles. The third-order valence-corrected chi connectivity index (χ3v) is 5.95. The Morgan fingerprint density at radius 1 is 1.21 bits per heavy atom. The van der Waals surface area contributed by atoms with Crippen molar-refractivity contribution < 1.29 is 9.53 Å². The molecule has 2 aliphatic rings. The van der Waals surface area contributed by atoms with E-state index in [0.717, 1.165) is 49.4 Å². The minimum absolute atomic E-state index is 0. The molecule has 156 valence electrons. The van der Waals surface area contributed by atoms with Crippen molar-refractivity contribution in [2.24, 2.45) is 0 Å². The Labute approximate surface area is 179 Å². The highest BCUT2D eigenvalue weighted by Crippen LogP contribution is 2.33. The van der Waals surface area contributed by atoms with Gasteiger partial charge in [0.1, 0.15) is 5.75 Å². The predicted octanol–water partition coefficient (Wildman–Crippen LogP) is 3.59. The maximum Gasteiger partial charge on any atom is 0.264 e. The van der Waals surface area contributed by atoms with Crippen LogP contribution in [0.3, 0.4) is 0 Å². The summed E-state index contributed by atoms with van der Waals surface area (Å²) in [6, 6.07) is 10.3. The molecule has 0 saturated carbocycles. The lowest BCUT2D eigenvalue weighted by molar-refractivity contribution is -0.141. The molecule has 29 heavy (non-hydrogen) atoms. The molecule has 3 heterocycles. The van der Waals surface area contributed by atoms with Crippen molar-refractivity contribution in [1.82, 2.24) is 15.2 Å². The lowest BCUT2D eigenvalue weighted by atomic mass is 10.0. The molecule has 2 aromatic rings. The fourth-order valence-corrected chi connectivity index (χ4v) is 4.20. The van der Waals surface area contributed by atoms with Gasteiger partial charge < -0.3 is 15.0 Å². The van der Waals surface area contributed by atoms with Crippen LogP contribution in [-0.2, 0) is 17.8 Å². The summed E-state index contributed by atoms with van der Waals surface area (Å²) in [7, 11) is 0. The molecule has 1 amide bonds. The first-order valence-corrected chi connectivity index (χ1v) is 10.3. The highest BCUT2D eigenvalue weighted by atomic mass is 35.5. The van der Waals surface area contributed by atoms with E-state index in [4.69, 9.17) is 4.74 Å². The second-order valence-corrected chi connectivity index (χ2v) is 7.98. The van der Waals surface area contributed by atoms with Crippen LogP contribution in [-0.4, -0.2) is 41.0 Å². The molecule has 2 unspecified atom stereocenters. The van der Waals surface area contributed by atoms with Crippen LogP contribution in [0.5, 0.6) is 5.75 Å². The smallest absolute Gasteiger partial charge is 0.264 e. The summed E-state index contributed by atoms with van der Waals surface area (Å²) in [4.78, 5) is 20.0. The normalized spacial score (nSPS) is 20.8. The van der Waals surface area contributed by atoms with Crippen LogP contribution in [0.2, 0.25) is 0 Å². The van der Waals surface area contributed by atoms with Crippen LogP contribution in [0.1, 0.15) is 41.6 Å². The number of hydrogen-bond donors (Lipinski definition) is 1. The lowest BCUT2D eigenvalue weighted by Crippen LogP contribution is -2.47. The molecule has 0 spiro atoms. The number of pyridine rings is 1. The van der Waals surface area contributed by atoms with Gasteiger partial charge in [-0.3, -0.25) is 9.78 Å². The number of carbonyl (C=O) groups excluding carboxylic acids is 1. The van der Waals surface area contributed by atoms with Crippen molar-refractivity contribution >= 4 is 18.3 Å². The molecule has 4 rings (SSSR count). The van der Waals surface area contributed by atoms with E-state index in [0.29, 0.717) is 13.0 Å². The Hall–Kier alpha value is -2.11. The number of ether oxygens (including phenoxy) is 1. The van der Waals surface area contributed by atoms with E-state index in [1.807, 2.05) is 23.1 Å². The summed E-state index contributed by atoms with van der Waals surface area (Å²) in [6.45, 7) is 6.70. The van der Waals surface area contributed by atoms with Gasteiger partial charge in [-0.05, 0) is 81.1 Å². The van der Waals surface area contributed by atoms with Gasteiger partial charge in [0.05, 0.1) is 12.2 Å². The SMILES string of the molecule is Cc1cc2c(cc1C)OC(C(=O)N(Cc1ccccn1)C1CCCNCC1)C2.Cl. The van der Waals surface area contributed by atoms with Crippen molar-refractivity contribution in [3.05, 3.63) is 58.9 Å². The summed E-state index contributed by atoms with van der Waals surface area (Å²) in [5, 5.41) is 3.45. The Kier molecular flexibility index (Phi) is 7.14. The molecule has 0 aliphatic carbocycles. The van der Waals surface area contributed by atoms with E-state index in [1.165, 1.54) is 11.1 Å². The summed E-state index contributed by atoms with van der Waals surface area (Å²) in [5.74, 6) is 0.950. The van der Waals surface area contributed by atoms with E-state index in [-0.39, 0.29) is 24.4 Å². The summed E-state index contributed by atoms with van der Waals surface area (Å²) >= 11 is 0. The van der Waals surface area contributed by atoms with Crippen LogP contribution in [0.15, 0.2) is 36.5 Å². The van der Waals surface area contributed by atoms with Crippen LogP contribution in [0.4, 0.5) is 0 Å². The number of nitrogens with zero attached hydrogens (tertiary/aromatic N) is 2. The molecule has 1 N–H and O–H groups in total. The van der Waals surface area contributed by atoms with Crippen LogP contribution < -0.4 is 10.1 Å². The van der Waals surface area contributed by atoms with Gasteiger partial charge in [-0.1, -0.05) is 12.1 Å². The van der Waals surface area contributed by atoms with Gasteiger partial charge in [-0.15, -0.1) is 12.4 Å². The maximum absolute atomic E-state index is 13.6. The van der Waals surface area contributed by atoms with E-state index >= 15 is 0 Å². The number of aromatic nitrogens is 1. The largest absolute Gasteiger partial charge is 0.480 e. The van der Waals surface area contributed by atoms with Gasteiger partial charge >= 0.3 is 0 Å². The van der Waals surface area contributed by atoms with Gasteiger partial charge in [0.2, 0.25) is 0 Å². The molecule has 0 radical (unpaired) electrons. The van der Waals surface area contributed by atoms with Crippen molar-refractivity contribution in [1.29, 1.82) is 0 Å². The fraction of sp³-hybridized carbons (Fsp3) is 0.478.